The van der Waals surface area contributed by atoms with Crippen molar-refractivity contribution in [2.24, 2.45) is 17.6 Å². The molecule has 0 atom stereocenters. The number of rotatable bonds is 14. The van der Waals surface area contributed by atoms with Crippen molar-refractivity contribution in [3.05, 3.63) is 42.2 Å². The van der Waals surface area contributed by atoms with Crippen LogP contribution < -0.4 is 16.4 Å². The number of halogens is 2. The average Bonchev–Trinajstić information content (AvgIpc) is 3.48. The zero-order chi connectivity index (χ0) is 28.8. The number of hydrogen-bond donors (Lipinski definition) is 3. The SMILES string of the molecule is CN(CCCCN)CC1CCC(n2cc(NC(=O)c3coc(-c4ccnc(NCC5CC5)c4)n3)c(C(F)F)n2)CC1. The standard InChI is InChI=1S/C29H40F2N8O2/c1-38(13-3-2-11-32)16-20-6-8-22(9-7-20)39-17-23(26(37-39)27(30)31)35-28(40)24-18-41-29(36-24)21-10-12-33-25(14-21)34-15-19-4-5-19/h10,12,14,17-20,22,27H,2-9,11,13,15-16,32H2,1H3,(H,33,34)(H,35,40). The van der Waals surface area contributed by atoms with E-state index in [9.17, 15) is 13.6 Å². The van der Waals surface area contributed by atoms with Crippen molar-refractivity contribution < 1.29 is 18.0 Å². The van der Waals surface area contributed by atoms with Crippen LogP contribution in [0, 0.1) is 11.8 Å². The highest BCUT2D eigenvalue weighted by Crippen LogP contribution is 2.35. The maximum atomic E-state index is 13.9. The first kappa shape index (κ1) is 29.1. The summed E-state index contributed by atoms with van der Waals surface area (Å²) in [7, 11) is 2.14. The summed E-state index contributed by atoms with van der Waals surface area (Å²) in [5.41, 5.74) is 5.80. The molecular weight excluding hydrogens is 530 g/mol. The van der Waals surface area contributed by atoms with Gasteiger partial charge in [-0.05, 0) is 95.5 Å². The zero-order valence-electron chi connectivity index (χ0n) is 23.6. The van der Waals surface area contributed by atoms with Crippen LogP contribution in [0.2, 0.25) is 0 Å². The van der Waals surface area contributed by atoms with Gasteiger partial charge in [-0.15, -0.1) is 0 Å². The van der Waals surface area contributed by atoms with Gasteiger partial charge in [-0.2, -0.15) is 5.10 Å². The Morgan fingerprint density at radius 3 is 2.71 bits per heavy atom. The van der Waals surface area contributed by atoms with Crippen LogP contribution in [0.15, 0.2) is 35.2 Å². The Morgan fingerprint density at radius 1 is 1.20 bits per heavy atom. The maximum Gasteiger partial charge on any atom is 0.284 e. The summed E-state index contributed by atoms with van der Waals surface area (Å²) in [6, 6.07) is 3.57. The molecule has 0 spiro atoms. The molecular formula is C29H40F2N8O2. The number of carbonyl (C=O) groups excluding carboxylic acids is 1. The second kappa shape index (κ2) is 13.5. The van der Waals surface area contributed by atoms with Crippen LogP contribution in [0.4, 0.5) is 20.3 Å². The molecule has 3 aromatic rings. The average molecular weight is 571 g/mol. The van der Waals surface area contributed by atoms with Crippen molar-refractivity contribution in [1.82, 2.24) is 24.6 Å². The molecule has 3 aromatic heterocycles. The number of pyridine rings is 1. The molecule has 2 aliphatic carbocycles. The normalized spacial score (nSPS) is 19.2. The third kappa shape index (κ3) is 7.88. The first-order valence-corrected chi connectivity index (χ1v) is 14.6. The van der Waals surface area contributed by atoms with Crippen molar-refractivity contribution in [3.63, 3.8) is 0 Å². The highest BCUT2D eigenvalue weighted by Gasteiger charge is 2.28. The van der Waals surface area contributed by atoms with Crippen molar-refractivity contribution in [2.75, 3.05) is 43.9 Å². The minimum absolute atomic E-state index is 0.00615. The van der Waals surface area contributed by atoms with Gasteiger partial charge in [0.1, 0.15) is 12.1 Å². The fourth-order valence-corrected chi connectivity index (χ4v) is 5.43. The van der Waals surface area contributed by atoms with E-state index in [2.05, 4.69) is 37.6 Å². The van der Waals surface area contributed by atoms with Gasteiger partial charge in [0.15, 0.2) is 11.4 Å². The molecule has 0 aliphatic heterocycles. The lowest BCUT2D eigenvalue weighted by molar-refractivity contribution is 0.102. The van der Waals surface area contributed by atoms with Crippen LogP contribution in [-0.2, 0) is 0 Å². The van der Waals surface area contributed by atoms with Gasteiger partial charge in [0.2, 0.25) is 5.89 Å². The van der Waals surface area contributed by atoms with E-state index in [-0.39, 0.29) is 23.3 Å². The number of anilines is 2. The molecule has 2 aliphatic rings. The number of nitrogens with two attached hydrogens (primary N) is 1. The summed E-state index contributed by atoms with van der Waals surface area (Å²) in [5.74, 6) is 1.59. The summed E-state index contributed by atoms with van der Waals surface area (Å²) < 4.78 is 34.9. The van der Waals surface area contributed by atoms with E-state index in [4.69, 9.17) is 10.2 Å². The van der Waals surface area contributed by atoms with E-state index < -0.39 is 18.0 Å². The van der Waals surface area contributed by atoms with Gasteiger partial charge in [-0.1, -0.05) is 0 Å². The Labute approximate surface area is 239 Å². The fourth-order valence-electron chi connectivity index (χ4n) is 5.43. The van der Waals surface area contributed by atoms with Crippen LogP contribution in [0.3, 0.4) is 0 Å². The lowest BCUT2D eigenvalue weighted by Crippen LogP contribution is -2.30. The predicted octanol–water partition coefficient (Wildman–Crippen LogP) is 5.35. The number of alkyl halides is 2. The van der Waals surface area contributed by atoms with E-state index in [0.717, 1.165) is 64.7 Å². The number of unbranched alkanes of at least 4 members (excludes halogenated alkanes) is 1. The van der Waals surface area contributed by atoms with E-state index >= 15 is 0 Å². The molecule has 0 radical (unpaired) electrons. The Hall–Kier alpha value is -3.38. The van der Waals surface area contributed by atoms with Crippen molar-refractivity contribution in [3.8, 4) is 11.5 Å². The Morgan fingerprint density at radius 2 is 1.98 bits per heavy atom. The lowest BCUT2D eigenvalue weighted by Gasteiger charge is -2.31. The van der Waals surface area contributed by atoms with Gasteiger partial charge in [-0.25, -0.2) is 18.7 Å². The van der Waals surface area contributed by atoms with Gasteiger partial charge in [-0.3, -0.25) is 9.48 Å². The second-order valence-electron chi connectivity index (χ2n) is 11.4. The van der Waals surface area contributed by atoms with Crippen molar-refractivity contribution >= 4 is 17.4 Å². The molecule has 2 fully saturated rings. The van der Waals surface area contributed by atoms with Crippen LogP contribution in [-0.4, -0.2) is 63.8 Å². The maximum absolute atomic E-state index is 13.9. The summed E-state index contributed by atoms with van der Waals surface area (Å²) >= 11 is 0. The molecule has 0 aromatic carbocycles. The molecule has 10 nitrogen and oxygen atoms in total. The fraction of sp³-hybridized carbons (Fsp3) is 0.586. The van der Waals surface area contributed by atoms with Crippen LogP contribution >= 0.6 is 0 Å². The largest absolute Gasteiger partial charge is 0.444 e. The molecule has 1 amide bonds. The summed E-state index contributed by atoms with van der Waals surface area (Å²) in [5, 5.41) is 10.1. The van der Waals surface area contributed by atoms with Crippen molar-refractivity contribution in [1.29, 1.82) is 0 Å². The number of aromatic nitrogens is 4. The van der Waals surface area contributed by atoms with Crippen LogP contribution in [0.5, 0.6) is 0 Å². The highest BCUT2D eigenvalue weighted by molar-refractivity contribution is 6.03. The predicted molar refractivity (Wildman–Crippen MR) is 153 cm³/mol. The van der Waals surface area contributed by atoms with E-state index in [1.165, 1.54) is 25.3 Å². The van der Waals surface area contributed by atoms with Crippen molar-refractivity contribution in [2.45, 2.75) is 63.8 Å². The van der Waals surface area contributed by atoms with Gasteiger partial charge >= 0.3 is 0 Å². The smallest absolute Gasteiger partial charge is 0.284 e. The van der Waals surface area contributed by atoms with Crippen LogP contribution in [0.25, 0.3) is 11.5 Å². The van der Waals surface area contributed by atoms with E-state index in [1.54, 1.807) is 16.9 Å². The molecule has 3 heterocycles. The zero-order valence-corrected chi connectivity index (χ0v) is 23.6. The summed E-state index contributed by atoms with van der Waals surface area (Å²) in [4.78, 5) is 23.9. The monoisotopic (exact) mass is 570 g/mol. The Balaban J connectivity index is 1.19. The quantitative estimate of drug-likeness (QED) is 0.222. The number of hydrogen-bond acceptors (Lipinski definition) is 8. The second-order valence-corrected chi connectivity index (χ2v) is 11.4. The molecule has 0 bridgehead atoms. The van der Waals surface area contributed by atoms with Gasteiger partial charge < -0.3 is 25.7 Å². The highest BCUT2D eigenvalue weighted by atomic mass is 19.3. The van der Waals surface area contributed by atoms with Gasteiger partial charge in [0.25, 0.3) is 12.3 Å². The number of amides is 1. The molecule has 222 valence electrons. The molecule has 0 saturated heterocycles. The van der Waals surface area contributed by atoms with Gasteiger partial charge in [0, 0.05) is 31.0 Å². The topological polar surface area (TPSA) is 127 Å². The molecule has 4 N–H and O–H groups in total. The summed E-state index contributed by atoms with van der Waals surface area (Å²) in [6.45, 7) is 3.64. The third-order valence-corrected chi connectivity index (χ3v) is 7.98. The Bertz CT molecular complexity index is 1280. The lowest BCUT2D eigenvalue weighted by atomic mass is 9.86. The molecule has 5 rings (SSSR count). The first-order valence-electron chi connectivity index (χ1n) is 14.6. The molecule has 2 saturated carbocycles. The minimum Gasteiger partial charge on any atom is -0.444 e. The van der Waals surface area contributed by atoms with Crippen LogP contribution in [0.1, 0.15) is 80.0 Å². The van der Waals surface area contributed by atoms with E-state index in [0.29, 0.717) is 23.2 Å². The first-order chi connectivity index (χ1) is 19.9. The summed E-state index contributed by atoms with van der Waals surface area (Å²) in [6.07, 6.45) is 9.88. The number of nitrogens with one attached hydrogen (secondary N) is 2. The van der Waals surface area contributed by atoms with Gasteiger partial charge in [0.05, 0.1) is 11.7 Å². The number of oxazole rings is 1. The number of carbonyl (C=O) groups is 1. The minimum atomic E-state index is -2.82. The molecule has 0 unspecified atom stereocenters. The number of nitrogens with zero attached hydrogens (tertiary/aromatic N) is 5. The third-order valence-electron chi connectivity index (χ3n) is 7.98. The Kier molecular flexibility index (Phi) is 9.60. The molecule has 41 heavy (non-hydrogen) atoms. The molecule has 12 heteroatoms. The van der Waals surface area contributed by atoms with E-state index in [1.807, 2.05) is 6.07 Å².